The van der Waals surface area contributed by atoms with Crippen LogP contribution in [0.15, 0.2) is 25.3 Å². The lowest BCUT2D eigenvalue weighted by atomic mass is 9.97. The number of carboxylic acid groups (broad SMARTS) is 1. The maximum Gasteiger partial charge on any atom is 0.306 e. The van der Waals surface area contributed by atoms with Gasteiger partial charge in [-0.1, -0.05) is 12.2 Å². The highest BCUT2D eigenvalue weighted by atomic mass is 16.4. The van der Waals surface area contributed by atoms with Gasteiger partial charge in [-0.15, -0.1) is 13.2 Å². The second-order valence-electron chi connectivity index (χ2n) is 4.76. The minimum Gasteiger partial charge on any atom is -0.481 e. The lowest BCUT2D eigenvalue weighted by Gasteiger charge is -2.31. The van der Waals surface area contributed by atoms with Crippen molar-refractivity contribution in [1.29, 1.82) is 0 Å². The van der Waals surface area contributed by atoms with Gasteiger partial charge in [0.2, 0.25) is 5.91 Å². The van der Waals surface area contributed by atoms with Gasteiger partial charge in [0.25, 0.3) is 0 Å². The molecule has 5 nitrogen and oxygen atoms in total. The van der Waals surface area contributed by atoms with E-state index >= 15 is 0 Å². The largest absolute Gasteiger partial charge is 0.481 e. The summed E-state index contributed by atoms with van der Waals surface area (Å²) in [5.41, 5.74) is 0. The van der Waals surface area contributed by atoms with Crippen molar-refractivity contribution in [1.82, 2.24) is 9.80 Å². The lowest BCUT2D eigenvalue weighted by molar-refractivity contribution is -0.143. The van der Waals surface area contributed by atoms with Gasteiger partial charge < -0.3 is 10.0 Å². The molecule has 0 atom stereocenters. The van der Waals surface area contributed by atoms with Crippen molar-refractivity contribution in [3.8, 4) is 0 Å². The van der Waals surface area contributed by atoms with Gasteiger partial charge in [-0.3, -0.25) is 14.5 Å². The topological polar surface area (TPSA) is 60.9 Å². The number of carboxylic acids is 1. The Kier molecular flexibility index (Phi) is 6.29. The van der Waals surface area contributed by atoms with Gasteiger partial charge in [-0.05, 0) is 25.9 Å². The molecule has 5 heteroatoms. The van der Waals surface area contributed by atoms with E-state index in [4.69, 9.17) is 5.11 Å². The number of carbonyl (C=O) groups excluding carboxylic acids is 1. The number of rotatable bonds is 7. The molecular formula is C14H22N2O3. The van der Waals surface area contributed by atoms with E-state index in [1.165, 1.54) is 0 Å². The van der Waals surface area contributed by atoms with Gasteiger partial charge in [-0.25, -0.2) is 0 Å². The highest BCUT2D eigenvalue weighted by Gasteiger charge is 2.26. The predicted molar refractivity (Wildman–Crippen MR) is 73.8 cm³/mol. The number of hydrogen-bond acceptors (Lipinski definition) is 3. The highest BCUT2D eigenvalue weighted by Crippen LogP contribution is 2.17. The molecular weight excluding hydrogens is 244 g/mol. The fourth-order valence-corrected chi connectivity index (χ4v) is 2.22. The number of hydrogen-bond donors (Lipinski definition) is 1. The van der Waals surface area contributed by atoms with Crippen molar-refractivity contribution in [2.45, 2.75) is 12.8 Å². The Labute approximate surface area is 114 Å². The first-order chi connectivity index (χ1) is 9.08. The van der Waals surface area contributed by atoms with E-state index < -0.39 is 5.97 Å². The molecule has 1 aliphatic heterocycles. The van der Waals surface area contributed by atoms with Crippen molar-refractivity contribution < 1.29 is 14.7 Å². The Morgan fingerprint density at radius 2 is 1.74 bits per heavy atom. The molecule has 1 aliphatic rings. The average Bonchev–Trinajstić information content (AvgIpc) is 2.39. The van der Waals surface area contributed by atoms with E-state index in [1.54, 1.807) is 17.1 Å². The quantitative estimate of drug-likeness (QED) is 0.698. The van der Waals surface area contributed by atoms with Crippen molar-refractivity contribution in [3.05, 3.63) is 25.3 Å². The monoisotopic (exact) mass is 266 g/mol. The molecule has 1 fully saturated rings. The summed E-state index contributed by atoms with van der Waals surface area (Å²) < 4.78 is 0. The molecule has 1 rings (SSSR count). The highest BCUT2D eigenvalue weighted by molar-refractivity contribution is 5.78. The Hall–Kier alpha value is -1.62. The summed E-state index contributed by atoms with van der Waals surface area (Å²) in [7, 11) is 0. The summed E-state index contributed by atoms with van der Waals surface area (Å²) in [4.78, 5) is 26.6. The number of carbonyl (C=O) groups is 2. The Balaban J connectivity index is 2.42. The van der Waals surface area contributed by atoms with Crippen molar-refractivity contribution in [2.24, 2.45) is 5.92 Å². The van der Waals surface area contributed by atoms with Gasteiger partial charge in [0, 0.05) is 13.1 Å². The standard InChI is InChI=1S/C14H22N2O3/c1-3-7-16(8-4-2)13(17)11-15-9-5-12(6-10-15)14(18)19/h3-4,12H,1-2,5-11H2,(H,18,19). The molecule has 106 valence electrons. The molecule has 0 bridgehead atoms. The van der Waals surface area contributed by atoms with Crippen LogP contribution in [0.3, 0.4) is 0 Å². The first-order valence-electron chi connectivity index (χ1n) is 6.53. The molecule has 0 aromatic rings. The van der Waals surface area contributed by atoms with Crippen LogP contribution in [0.2, 0.25) is 0 Å². The van der Waals surface area contributed by atoms with Crippen molar-refractivity contribution in [3.63, 3.8) is 0 Å². The molecule has 0 radical (unpaired) electrons. The molecule has 0 aromatic heterocycles. The van der Waals surface area contributed by atoms with Gasteiger partial charge in [0.15, 0.2) is 0 Å². The normalized spacial score (nSPS) is 16.8. The minimum atomic E-state index is -0.731. The first-order valence-corrected chi connectivity index (χ1v) is 6.53. The van der Waals surface area contributed by atoms with Crippen LogP contribution >= 0.6 is 0 Å². The number of nitrogens with zero attached hydrogens (tertiary/aromatic N) is 2. The smallest absolute Gasteiger partial charge is 0.306 e. The van der Waals surface area contributed by atoms with E-state index in [-0.39, 0.29) is 11.8 Å². The molecule has 0 aromatic carbocycles. The molecule has 0 aliphatic carbocycles. The third-order valence-corrected chi connectivity index (χ3v) is 3.35. The van der Waals surface area contributed by atoms with Gasteiger partial charge in [0.1, 0.15) is 0 Å². The van der Waals surface area contributed by atoms with Crippen LogP contribution in [0.1, 0.15) is 12.8 Å². The van der Waals surface area contributed by atoms with E-state index in [0.29, 0.717) is 45.6 Å². The van der Waals surface area contributed by atoms with E-state index in [1.807, 2.05) is 4.90 Å². The molecule has 19 heavy (non-hydrogen) atoms. The summed E-state index contributed by atoms with van der Waals surface area (Å²) in [6.45, 7) is 9.96. The second kappa shape index (κ2) is 7.74. The maximum absolute atomic E-state index is 12.1. The fraction of sp³-hybridized carbons (Fsp3) is 0.571. The molecule has 0 unspecified atom stereocenters. The molecule has 1 amide bonds. The average molecular weight is 266 g/mol. The Bertz CT molecular complexity index is 337. The van der Waals surface area contributed by atoms with Crippen LogP contribution in [0.4, 0.5) is 0 Å². The Morgan fingerprint density at radius 1 is 1.21 bits per heavy atom. The molecule has 0 saturated carbocycles. The lowest BCUT2D eigenvalue weighted by Crippen LogP contribution is -2.44. The zero-order valence-corrected chi connectivity index (χ0v) is 11.3. The summed E-state index contributed by atoms with van der Waals surface area (Å²) in [6.07, 6.45) is 4.62. The molecule has 1 heterocycles. The predicted octanol–water partition coefficient (Wildman–Crippen LogP) is 0.984. The van der Waals surface area contributed by atoms with Crippen LogP contribution in [0, 0.1) is 5.92 Å². The van der Waals surface area contributed by atoms with Crippen LogP contribution in [0.25, 0.3) is 0 Å². The molecule has 0 spiro atoms. The number of piperidine rings is 1. The summed E-state index contributed by atoms with van der Waals surface area (Å²) in [6, 6.07) is 0. The number of amides is 1. The van der Waals surface area contributed by atoms with E-state index in [9.17, 15) is 9.59 Å². The van der Waals surface area contributed by atoms with Crippen LogP contribution in [0.5, 0.6) is 0 Å². The van der Waals surface area contributed by atoms with Crippen molar-refractivity contribution in [2.75, 3.05) is 32.7 Å². The van der Waals surface area contributed by atoms with E-state index in [2.05, 4.69) is 13.2 Å². The minimum absolute atomic E-state index is 0.0357. The van der Waals surface area contributed by atoms with Gasteiger partial charge in [0.05, 0.1) is 12.5 Å². The Morgan fingerprint density at radius 3 is 2.16 bits per heavy atom. The zero-order valence-electron chi connectivity index (χ0n) is 11.3. The summed E-state index contributed by atoms with van der Waals surface area (Å²) in [5, 5.41) is 8.92. The van der Waals surface area contributed by atoms with Crippen LogP contribution in [-0.2, 0) is 9.59 Å². The SMILES string of the molecule is C=CCN(CC=C)C(=O)CN1CCC(C(=O)O)CC1. The van der Waals surface area contributed by atoms with Crippen LogP contribution < -0.4 is 0 Å². The number of likely N-dealkylation sites (tertiary alicyclic amines) is 1. The number of aliphatic carboxylic acids is 1. The first kappa shape index (κ1) is 15.4. The summed E-state index contributed by atoms with van der Waals surface area (Å²) in [5.74, 6) is -0.955. The zero-order chi connectivity index (χ0) is 14.3. The van der Waals surface area contributed by atoms with Crippen molar-refractivity contribution >= 4 is 11.9 Å². The molecule has 1 N–H and O–H groups in total. The van der Waals surface area contributed by atoms with E-state index in [0.717, 1.165) is 0 Å². The van der Waals surface area contributed by atoms with Gasteiger partial charge in [-0.2, -0.15) is 0 Å². The molecule has 1 saturated heterocycles. The van der Waals surface area contributed by atoms with Gasteiger partial charge >= 0.3 is 5.97 Å². The maximum atomic E-state index is 12.1. The van der Waals surface area contributed by atoms with Crippen LogP contribution in [-0.4, -0.2) is 59.5 Å². The second-order valence-corrected chi connectivity index (χ2v) is 4.76. The summed E-state index contributed by atoms with van der Waals surface area (Å²) >= 11 is 0. The fourth-order valence-electron chi connectivity index (χ4n) is 2.22. The third-order valence-electron chi connectivity index (χ3n) is 3.35. The third kappa shape index (κ3) is 4.87.